The first kappa shape index (κ1) is 24.5. The van der Waals surface area contributed by atoms with Gasteiger partial charge in [0.15, 0.2) is 0 Å². The number of aromatic amines is 2. The number of rotatable bonds is 11. The van der Waals surface area contributed by atoms with Crippen molar-refractivity contribution in [2.45, 2.75) is 37.9 Å². The van der Waals surface area contributed by atoms with Gasteiger partial charge in [0.2, 0.25) is 17.7 Å². The van der Waals surface area contributed by atoms with E-state index in [1.54, 1.807) is 6.20 Å². The molecule has 3 atom stereocenters. The highest BCUT2D eigenvalue weighted by Gasteiger charge is 2.25. The molecular weight excluding hydrogens is 442 g/mol. The van der Waals surface area contributed by atoms with Crippen LogP contribution in [-0.4, -0.2) is 68.4 Å². The maximum atomic E-state index is 12.7. The topological polar surface area (TPSA) is 195 Å². The highest BCUT2D eigenvalue weighted by atomic mass is 16.4. The maximum absolute atomic E-state index is 12.7. The third kappa shape index (κ3) is 6.42. The number of nitrogens with two attached hydrogens (primary N) is 1. The smallest absolute Gasteiger partial charge is 0.326 e. The molecule has 12 heteroatoms. The molecule has 0 spiro atoms. The molecule has 34 heavy (non-hydrogen) atoms. The van der Waals surface area contributed by atoms with Crippen LogP contribution < -0.4 is 21.7 Å². The Labute approximate surface area is 194 Å². The molecular formula is C22H27N7O5. The van der Waals surface area contributed by atoms with Gasteiger partial charge in [0.1, 0.15) is 12.1 Å². The Morgan fingerprint density at radius 1 is 1.06 bits per heavy atom. The van der Waals surface area contributed by atoms with Gasteiger partial charge in [-0.05, 0) is 18.6 Å². The standard InChI is InChI=1S/C22H27N7O5/c1-12(23)20(31)29-17(7-14-9-24-11-27-14)21(32)26-10-19(30)28-18(22(33)34)6-13-8-25-16-5-3-2-4-15(13)16/h2-5,8-9,11-12,17-18,25H,6-7,10,23H2,1H3,(H,24,27)(H,26,32)(H,28,30)(H,29,31)(H,33,34). The van der Waals surface area contributed by atoms with Gasteiger partial charge >= 0.3 is 5.97 Å². The third-order valence-electron chi connectivity index (χ3n) is 5.18. The predicted molar refractivity (Wildman–Crippen MR) is 122 cm³/mol. The Morgan fingerprint density at radius 3 is 2.50 bits per heavy atom. The van der Waals surface area contributed by atoms with Gasteiger partial charge in [0.25, 0.3) is 0 Å². The van der Waals surface area contributed by atoms with Crippen LogP contribution in [0.2, 0.25) is 0 Å². The minimum Gasteiger partial charge on any atom is -0.480 e. The van der Waals surface area contributed by atoms with Crippen LogP contribution in [0, 0.1) is 0 Å². The highest BCUT2D eigenvalue weighted by molar-refractivity contribution is 5.93. The van der Waals surface area contributed by atoms with Gasteiger partial charge in [-0.15, -0.1) is 0 Å². The number of carbonyl (C=O) groups is 4. The van der Waals surface area contributed by atoms with Gasteiger partial charge in [0.05, 0.1) is 18.9 Å². The number of nitrogens with one attached hydrogen (secondary N) is 5. The van der Waals surface area contributed by atoms with Crippen molar-refractivity contribution >= 4 is 34.6 Å². The lowest BCUT2D eigenvalue weighted by Gasteiger charge is -2.19. The van der Waals surface area contributed by atoms with Crippen molar-refractivity contribution in [3.8, 4) is 0 Å². The van der Waals surface area contributed by atoms with Crippen LogP contribution in [0.4, 0.5) is 0 Å². The largest absolute Gasteiger partial charge is 0.480 e. The minimum atomic E-state index is -1.20. The van der Waals surface area contributed by atoms with Crippen LogP contribution in [-0.2, 0) is 32.0 Å². The number of aromatic nitrogens is 3. The van der Waals surface area contributed by atoms with E-state index >= 15 is 0 Å². The van der Waals surface area contributed by atoms with E-state index < -0.39 is 48.4 Å². The number of fused-ring (bicyclic) bond motifs is 1. The lowest BCUT2D eigenvalue weighted by Crippen LogP contribution is -2.54. The van der Waals surface area contributed by atoms with Gasteiger partial charge in [-0.2, -0.15) is 0 Å². The predicted octanol–water partition coefficient (Wildman–Crippen LogP) is -0.806. The van der Waals surface area contributed by atoms with Crippen LogP contribution in [0.1, 0.15) is 18.2 Å². The van der Waals surface area contributed by atoms with Gasteiger partial charge in [-0.3, -0.25) is 14.4 Å². The molecule has 12 nitrogen and oxygen atoms in total. The SMILES string of the molecule is CC(N)C(=O)NC(Cc1cnc[nH]1)C(=O)NCC(=O)NC(Cc1c[nH]c2ccccc12)C(=O)O. The monoisotopic (exact) mass is 469 g/mol. The van der Waals surface area contributed by atoms with E-state index in [1.165, 1.54) is 19.4 Å². The Balaban J connectivity index is 1.59. The molecule has 180 valence electrons. The van der Waals surface area contributed by atoms with Crippen molar-refractivity contribution in [1.82, 2.24) is 30.9 Å². The number of hydrogen-bond acceptors (Lipinski definition) is 6. The molecule has 3 unspecified atom stereocenters. The molecule has 1 aromatic carbocycles. The van der Waals surface area contributed by atoms with Crippen LogP contribution in [0.15, 0.2) is 43.0 Å². The number of imidazole rings is 1. The summed E-state index contributed by atoms with van der Waals surface area (Å²) in [6.45, 7) is 1.01. The maximum Gasteiger partial charge on any atom is 0.326 e. The van der Waals surface area contributed by atoms with Gasteiger partial charge in [-0.1, -0.05) is 18.2 Å². The number of para-hydroxylation sites is 1. The van der Waals surface area contributed by atoms with Crippen LogP contribution in [0.5, 0.6) is 0 Å². The Morgan fingerprint density at radius 2 is 1.82 bits per heavy atom. The van der Waals surface area contributed by atoms with Crippen molar-refractivity contribution in [2.24, 2.45) is 5.73 Å². The number of carbonyl (C=O) groups excluding carboxylic acids is 3. The summed E-state index contributed by atoms with van der Waals surface area (Å²) >= 11 is 0. The highest BCUT2D eigenvalue weighted by Crippen LogP contribution is 2.19. The molecule has 0 bridgehead atoms. The zero-order valence-electron chi connectivity index (χ0n) is 18.5. The summed E-state index contributed by atoms with van der Waals surface area (Å²) < 4.78 is 0. The van der Waals surface area contributed by atoms with E-state index in [0.29, 0.717) is 5.69 Å². The Kier molecular flexibility index (Phi) is 7.98. The number of amides is 3. The molecule has 3 aromatic rings. The first-order chi connectivity index (χ1) is 16.2. The quantitative estimate of drug-likeness (QED) is 0.191. The Bertz CT molecular complexity index is 1160. The first-order valence-corrected chi connectivity index (χ1v) is 10.6. The van der Waals surface area contributed by atoms with E-state index in [9.17, 15) is 24.3 Å². The first-order valence-electron chi connectivity index (χ1n) is 10.6. The molecule has 0 saturated carbocycles. The summed E-state index contributed by atoms with van der Waals surface area (Å²) in [7, 11) is 0. The van der Waals surface area contributed by atoms with Crippen LogP contribution in [0.25, 0.3) is 10.9 Å². The second-order valence-corrected chi connectivity index (χ2v) is 7.87. The number of nitrogens with zero attached hydrogens (tertiary/aromatic N) is 1. The minimum absolute atomic E-state index is 0.0614. The molecule has 3 amide bonds. The molecule has 3 rings (SSSR count). The van der Waals surface area contributed by atoms with E-state index in [-0.39, 0.29) is 12.8 Å². The molecule has 0 saturated heterocycles. The van der Waals surface area contributed by atoms with Gasteiger partial charge in [-0.25, -0.2) is 9.78 Å². The zero-order valence-corrected chi connectivity index (χ0v) is 18.5. The number of benzene rings is 1. The molecule has 8 N–H and O–H groups in total. The molecule has 0 aliphatic carbocycles. The molecule has 0 fully saturated rings. The van der Waals surface area contributed by atoms with Gasteiger partial charge < -0.3 is 36.8 Å². The molecule has 0 aliphatic rings. The molecule has 0 radical (unpaired) electrons. The van der Waals surface area contributed by atoms with E-state index in [1.807, 2.05) is 24.3 Å². The summed E-state index contributed by atoms with van der Waals surface area (Å²) in [5, 5.41) is 17.8. The van der Waals surface area contributed by atoms with Crippen molar-refractivity contribution in [2.75, 3.05) is 6.54 Å². The molecule has 2 aromatic heterocycles. The van der Waals surface area contributed by atoms with Crippen LogP contribution in [0.3, 0.4) is 0 Å². The fraction of sp³-hybridized carbons (Fsp3) is 0.318. The number of carboxylic acids is 1. The molecule has 2 heterocycles. The second kappa shape index (κ2) is 11.1. The summed E-state index contributed by atoms with van der Waals surface area (Å²) in [4.78, 5) is 58.6. The fourth-order valence-corrected chi connectivity index (χ4v) is 3.39. The fourth-order valence-electron chi connectivity index (χ4n) is 3.39. The summed E-state index contributed by atoms with van der Waals surface area (Å²) in [6, 6.07) is 4.40. The third-order valence-corrected chi connectivity index (χ3v) is 5.18. The average Bonchev–Trinajstić information content (AvgIpc) is 3.46. The van der Waals surface area contributed by atoms with Crippen LogP contribution >= 0.6 is 0 Å². The van der Waals surface area contributed by atoms with Crippen molar-refractivity contribution in [3.63, 3.8) is 0 Å². The Hall–Kier alpha value is -4.19. The summed E-state index contributed by atoms with van der Waals surface area (Å²) in [5.41, 5.74) is 7.76. The average molecular weight is 470 g/mol. The second-order valence-electron chi connectivity index (χ2n) is 7.87. The lowest BCUT2D eigenvalue weighted by molar-refractivity contribution is -0.141. The van der Waals surface area contributed by atoms with E-state index in [4.69, 9.17) is 5.73 Å². The number of carboxylic acid groups (broad SMARTS) is 1. The molecule has 0 aliphatic heterocycles. The van der Waals surface area contributed by atoms with Crippen molar-refractivity contribution in [1.29, 1.82) is 0 Å². The number of H-pyrrole nitrogens is 2. The van der Waals surface area contributed by atoms with Crippen molar-refractivity contribution in [3.05, 3.63) is 54.2 Å². The van der Waals surface area contributed by atoms with E-state index in [0.717, 1.165) is 16.5 Å². The zero-order chi connectivity index (χ0) is 24.7. The number of hydrogen-bond donors (Lipinski definition) is 7. The number of aliphatic carboxylic acids is 1. The lowest BCUT2D eigenvalue weighted by atomic mass is 10.0. The van der Waals surface area contributed by atoms with Crippen molar-refractivity contribution < 1.29 is 24.3 Å². The van der Waals surface area contributed by atoms with E-state index in [2.05, 4.69) is 30.9 Å². The summed E-state index contributed by atoms with van der Waals surface area (Å²) in [5.74, 6) is -3.04. The summed E-state index contributed by atoms with van der Waals surface area (Å²) in [6.07, 6.45) is 4.81. The van der Waals surface area contributed by atoms with Gasteiger partial charge in [0, 0.05) is 41.8 Å². The normalized spacial score (nSPS) is 13.6.